The predicted molar refractivity (Wildman–Crippen MR) is 88.8 cm³/mol. The van der Waals surface area contributed by atoms with Gasteiger partial charge in [-0.1, -0.05) is 23.2 Å². The molecule has 0 atom stereocenters. The smallest absolute Gasteiger partial charge is 0.267 e. The lowest BCUT2D eigenvalue weighted by molar-refractivity contribution is -0.112. The number of benzene rings is 2. The zero-order valence-corrected chi connectivity index (χ0v) is 13.1. The summed E-state index contributed by atoms with van der Waals surface area (Å²) >= 11 is 11.8. The monoisotopic (exact) mass is 349 g/mol. The van der Waals surface area contributed by atoms with Gasteiger partial charge in [0.1, 0.15) is 17.5 Å². The summed E-state index contributed by atoms with van der Waals surface area (Å²) in [5, 5.41) is 15.2. The molecule has 23 heavy (non-hydrogen) atoms. The molecule has 0 unspecified atom stereocenters. The molecule has 0 aromatic heterocycles. The van der Waals surface area contributed by atoms with Gasteiger partial charge in [-0.2, -0.15) is 5.26 Å². The van der Waals surface area contributed by atoms with Crippen LogP contribution in [0.4, 0.5) is 15.8 Å². The first-order chi connectivity index (χ1) is 11.0. The first-order valence-electron chi connectivity index (χ1n) is 6.38. The van der Waals surface area contributed by atoms with Crippen LogP contribution in [0.2, 0.25) is 10.0 Å². The van der Waals surface area contributed by atoms with Gasteiger partial charge in [0.05, 0.1) is 10.7 Å². The molecule has 0 fully saturated rings. The van der Waals surface area contributed by atoms with Gasteiger partial charge in [-0.25, -0.2) is 4.39 Å². The van der Waals surface area contributed by atoms with Crippen molar-refractivity contribution in [2.75, 3.05) is 10.6 Å². The fourth-order valence-corrected chi connectivity index (χ4v) is 1.98. The third-order valence-corrected chi connectivity index (χ3v) is 3.33. The number of hydrogen-bond donors (Lipinski definition) is 2. The van der Waals surface area contributed by atoms with Crippen molar-refractivity contribution >= 4 is 40.5 Å². The molecule has 0 saturated heterocycles. The summed E-state index contributed by atoms with van der Waals surface area (Å²) in [6, 6.07) is 11.7. The summed E-state index contributed by atoms with van der Waals surface area (Å²) in [7, 11) is 0. The minimum absolute atomic E-state index is 0.176. The molecule has 0 aliphatic heterocycles. The number of carbonyl (C=O) groups is 1. The van der Waals surface area contributed by atoms with E-state index < -0.39 is 11.7 Å². The number of rotatable bonds is 4. The third-order valence-electron chi connectivity index (χ3n) is 2.77. The van der Waals surface area contributed by atoms with E-state index in [0.717, 1.165) is 0 Å². The first-order valence-corrected chi connectivity index (χ1v) is 7.14. The van der Waals surface area contributed by atoms with Crippen LogP contribution in [0, 0.1) is 17.1 Å². The van der Waals surface area contributed by atoms with Crippen LogP contribution in [0.25, 0.3) is 0 Å². The van der Waals surface area contributed by atoms with Crippen LogP contribution in [-0.4, -0.2) is 5.91 Å². The van der Waals surface area contributed by atoms with Gasteiger partial charge in [0.15, 0.2) is 0 Å². The Hall–Kier alpha value is -2.55. The molecule has 2 aromatic carbocycles. The van der Waals surface area contributed by atoms with Crippen molar-refractivity contribution in [3.05, 3.63) is 70.1 Å². The van der Waals surface area contributed by atoms with Crippen molar-refractivity contribution in [1.29, 1.82) is 5.26 Å². The van der Waals surface area contributed by atoms with E-state index in [2.05, 4.69) is 10.6 Å². The Morgan fingerprint density at radius 1 is 1.17 bits per heavy atom. The fourth-order valence-electron chi connectivity index (χ4n) is 1.64. The lowest BCUT2D eigenvalue weighted by atomic mass is 10.2. The summed E-state index contributed by atoms with van der Waals surface area (Å²) in [4.78, 5) is 12.0. The number of nitrogens with zero attached hydrogens (tertiary/aromatic N) is 1. The number of hydrogen-bond acceptors (Lipinski definition) is 3. The molecule has 4 nitrogen and oxygen atoms in total. The highest BCUT2D eigenvalue weighted by Gasteiger charge is 2.10. The number of amides is 1. The van der Waals surface area contributed by atoms with Crippen LogP contribution in [-0.2, 0) is 4.79 Å². The third kappa shape index (κ3) is 4.71. The Morgan fingerprint density at radius 3 is 2.52 bits per heavy atom. The predicted octanol–water partition coefficient (Wildman–Crippen LogP) is 4.59. The van der Waals surface area contributed by atoms with E-state index >= 15 is 0 Å². The maximum Gasteiger partial charge on any atom is 0.267 e. The Morgan fingerprint density at radius 2 is 1.87 bits per heavy atom. The molecule has 1 amide bonds. The van der Waals surface area contributed by atoms with Gasteiger partial charge in [-0.05, 0) is 42.5 Å². The van der Waals surface area contributed by atoms with E-state index in [0.29, 0.717) is 21.4 Å². The topological polar surface area (TPSA) is 64.9 Å². The average Bonchev–Trinajstić information content (AvgIpc) is 2.53. The zero-order valence-electron chi connectivity index (χ0n) is 11.6. The highest BCUT2D eigenvalue weighted by atomic mass is 35.5. The zero-order chi connectivity index (χ0) is 16.8. The van der Waals surface area contributed by atoms with Gasteiger partial charge in [-0.15, -0.1) is 0 Å². The second kappa shape index (κ2) is 7.63. The molecule has 0 heterocycles. The Balaban J connectivity index is 2.12. The summed E-state index contributed by atoms with van der Waals surface area (Å²) in [6.45, 7) is 0. The lowest BCUT2D eigenvalue weighted by Crippen LogP contribution is -2.14. The normalized spacial score (nSPS) is 10.8. The van der Waals surface area contributed by atoms with Gasteiger partial charge < -0.3 is 10.6 Å². The Bertz CT molecular complexity index is 798. The van der Waals surface area contributed by atoms with Gasteiger partial charge in [0.25, 0.3) is 5.91 Å². The van der Waals surface area contributed by atoms with Crippen LogP contribution < -0.4 is 10.6 Å². The van der Waals surface area contributed by atoms with Crippen LogP contribution in [0.1, 0.15) is 0 Å². The van der Waals surface area contributed by atoms with Crippen molar-refractivity contribution < 1.29 is 9.18 Å². The van der Waals surface area contributed by atoms with E-state index in [1.54, 1.807) is 24.3 Å². The van der Waals surface area contributed by atoms with Gasteiger partial charge in [0, 0.05) is 16.9 Å². The summed E-state index contributed by atoms with van der Waals surface area (Å²) in [5.74, 6) is -1.05. The quantitative estimate of drug-likeness (QED) is 0.626. The number of nitrogens with one attached hydrogen (secondary N) is 2. The molecule has 2 rings (SSSR count). The van der Waals surface area contributed by atoms with E-state index in [1.165, 1.54) is 30.5 Å². The van der Waals surface area contributed by atoms with E-state index in [9.17, 15) is 9.18 Å². The lowest BCUT2D eigenvalue weighted by Gasteiger charge is -2.06. The van der Waals surface area contributed by atoms with Crippen LogP contribution in [0.3, 0.4) is 0 Å². The van der Waals surface area contributed by atoms with Crippen molar-refractivity contribution in [3.63, 3.8) is 0 Å². The molecule has 0 spiro atoms. The highest BCUT2D eigenvalue weighted by molar-refractivity contribution is 6.35. The summed E-state index contributed by atoms with van der Waals surface area (Å²) in [5.41, 5.74) is 0.658. The number of carbonyl (C=O) groups excluding carboxylic acids is 1. The van der Waals surface area contributed by atoms with E-state index in [4.69, 9.17) is 28.5 Å². The van der Waals surface area contributed by atoms with Gasteiger partial charge in [-0.3, -0.25) is 4.79 Å². The molecule has 2 aromatic rings. The minimum Gasteiger partial charge on any atom is -0.359 e. The van der Waals surface area contributed by atoms with Gasteiger partial charge in [0.2, 0.25) is 0 Å². The molecule has 0 radical (unpaired) electrons. The number of anilines is 2. The molecular formula is C16H10Cl2FN3O. The molecule has 7 heteroatoms. The van der Waals surface area contributed by atoms with Crippen molar-refractivity contribution in [2.45, 2.75) is 0 Å². The molecule has 0 aliphatic carbocycles. The minimum atomic E-state index is -0.634. The highest BCUT2D eigenvalue weighted by Crippen LogP contribution is 2.25. The molecule has 0 bridgehead atoms. The maximum absolute atomic E-state index is 12.8. The summed E-state index contributed by atoms with van der Waals surface area (Å²) < 4.78 is 12.8. The summed E-state index contributed by atoms with van der Waals surface area (Å²) in [6.07, 6.45) is 1.22. The molecular weight excluding hydrogens is 340 g/mol. The molecule has 0 aliphatic rings. The fraction of sp³-hybridized carbons (Fsp3) is 0. The van der Waals surface area contributed by atoms with Gasteiger partial charge >= 0.3 is 0 Å². The molecule has 0 saturated carbocycles. The van der Waals surface area contributed by atoms with Crippen LogP contribution >= 0.6 is 23.2 Å². The Labute approximate surface area is 142 Å². The first kappa shape index (κ1) is 16.8. The van der Waals surface area contributed by atoms with Crippen LogP contribution in [0.15, 0.2) is 54.2 Å². The average molecular weight is 350 g/mol. The molecule has 116 valence electrons. The molecule has 2 N–H and O–H groups in total. The second-order valence-corrected chi connectivity index (χ2v) is 5.24. The largest absolute Gasteiger partial charge is 0.359 e. The van der Waals surface area contributed by atoms with Crippen molar-refractivity contribution in [3.8, 4) is 6.07 Å². The number of halogens is 3. The number of nitriles is 1. The van der Waals surface area contributed by atoms with E-state index in [-0.39, 0.29) is 5.57 Å². The second-order valence-electron chi connectivity index (χ2n) is 4.40. The SMILES string of the molecule is N#C/C(=C/Nc1cc(Cl)ccc1Cl)C(=O)Nc1ccc(F)cc1. The van der Waals surface area contributed by atoms with Crippen molar-refractivity contribution in [1.82, 2.24) is 0 Å². The van der Waals surface area contributed by atoms with E-state index in [1.807, 2.05) is 0 Å². The maximum atomic E-state index is 12.8. The van der Waals surface area contributed by atoms with Crippen molar-refractivity contribution in [2.24, 2.45) is 0 Å². The standard InChI is InChI=1S/C16H10Cl2FN3O/c17-11-1-6-14(18)15(7-11)21-9-10(8-20)16(23)22-13-4-2-12(19)3-5-13/h1-7,9,21H,(H,22,23)/b10-9-. The Kier molecular flexibility index (Phi) is 5.58. The van der Waals surface area contributed by atoms with Crippen LogP contribution in [0.5, 0.6) is 0 Å².